The summed E-state index contributed by atoms with van der Waals surface area (Å²) >= 11 is 0. The molecule has 3 rings (SSSR count). The molecule has 0 bridgehead atoms. The monoisotopic (exact) mass is 269 g/mol. The summed E-state index contributed by atoms with van der Waals surface area (Å²) in [4.78, 5) is 4.39. The van der Waals surface area contributed by atoms with Crippen LogP contribution in [-0.2, 0) is 6.54 Å². The van der Waals surface area contributed by atoms with Crippen LogP contribution in [0.25, 0.3) is 0 Å². The van der Waals surface area contributed by atoms with Gasteiger partial charge in [0.05, 0.1) is 12.2 Å². The molecule has 0 radical (unpaired) electrons. The topological polar surface area (TPSA) is 29.9 Å². The fourth-order valence-electron chi connectivity index (χ4n) is 2.71. The van der Waals surface area contributed by atoms with Gasteiger partial charge in [-0.1, -0.05) is 13.0 Å². The zero-order valence-electron chi connectivity index (χ0n) is 12.1. The van der Waals surface area contributed by atoms with Crippen LogP contribution >= 0.6 is 0 Å². The first-order valence-electron chi connectivity index (χ1n) is 7.66. The first kappa shape index (κ1) is 13.4. The van der Waals surface area contributed by atoms with E-state index in [9.17, 15) is 0 Å². The van der Waals surface area contributed by atoms with E-state index in [4.69, 9.17) is 0 Å². The highest BCUT2D eigenvalue weighted by Crippen LogP contribution is 2.41. The summed E-state index contributed by atoms with van der Waals surface area (Å²) in [5.74, 6) is 0.840. The predicted octanol–water partition coefficient (Wildman–Crippen LogP) is 3.38. The van der Waals surface area contributed by atoms with Crippen molar-refractivity contribution in [3.8, 4) is 0 Å². The van der Waals surface area contributed by atoms with Gasteiger partial charge in [-0.2, -0.15) is 0 Å². The average Bonchev–Trinajstić information content (AvgIpc) is 3.21. The van der Waals surface area contributed by atoms with E-state index >= 15 is 0 Å². The lowest BCUT2D eigenvalue weighted by Gasteiger charge is -2.16. The van der Waals surface area contributed by atoms with E-state index in [1.807, 2.05) is 18.3 Å². The van der Waals surface area contributed by atoms with Gasteiger partial charge in [-0.3, -0.25) is 4.98 Å². The Morgan fingerprint density at radius 3 is 2.95 bits per heavy atom. The van der Waals surface area contributed by atoms with Crippen LogP contribution in [0.2, 0.25) is 0 Å². The summed E-state index contributed by atoms with van der Waals surface area (Å²) in [5.41, 5.74) is 2.54. The predicted molar refractivity (Wildman–Crippen MR) is 81.5 cm³/mol. The first-order valence-corrected chi connectivity index (χ1v) is 7.66. The molecule has 106 valence electrons. The molecule has 1 fully saturated rings. The third-order valence-corrected chi connectivity index (χ3v) is 3.91. The van der Waals surface area contributed by atoms with Crippen LogP contribution in [0.15, 0.2) is 42.9 Å². The van der Waals surface area contributed by atoms with Crippen molar-refractivity contribution in [2.45, 2.75) is 38.8 Å². The second-order valence-electron chi connectivity index (χ2n) is 5.71. The van der Waals surface area contributed by atoms with E-state index in [2.05, 4.69) is 46.3 Å². The fraction of sp³-hybridized carbons (Fsp3) is 0.471. The molecule has 0 aliphatic heterocycles. The molecule has 1 saturated carbocycles. The highest BCUT2D eigenvalue weighted by molar-refractivity contribution is 5.19. The summed E-state index contributed by atoms with van der Waals surface area (Å²) in [6, 6.07) is 8.88. The molecule has 1 N–H and O–H groups in total. The number of nitrogens with one attached hydrogen (secondary N) is 1. The van der Waals surface area contributed by atoms with Crippen LogP contribution in [0.5, 0.6) is 0 Å². The summed E-state index contributed by atoms with van der Waals surface area (Å²) in [7, 11) is 0. The van der Waals surface area contributed by atoms with Gasteiger partial charge < -0.3 is 9.88 Å². The number of pyridine rings is 1. The highest BCUT2D eigenvalue weighted by Gasteiger charge is 2.32. The van der Waals surface area contributed by atoms with Gasteiger partial charge in [0.2, 0.25) is 0 Å². The van der Waals surface area contributed by atoms with Gasteiger partial charge >= 0.3 is 0 Å². The molecule has 3 nitrogen and oxygen atoms in total. The number of aromatic nitrogens is 2. The second kappa shape index (κ2) is 6.23. The Labute approximate surface area is 121 Å². The smallest absolute Gasteiger partial charge is 0.0642 e. The molecule has 1 atom stereocenters. The number of hydrogen-bond donors (Lipinski definition) is 1. The van der Waals surface area contributed by atoms with Crippen molar-refractivity contribution < 1.29 is 0 Å². The summed E-state index contributed by atoms with van der Waals surface area (Å²) in [6.07, 6.45) is 10.2. The lowest BCUT2D eigenvalue weighted by molar-refractivity contribution is 0.480. The Morgan fingerprint density at radius 1 is 1.35 bits per heavy atom. The maximum atomic E-state index is 4.39. The van der Waals surface area contributed by atoms with Gasteiger partial charge in [0.25, 0.3) is 0 Å². The molecule has 20 heavy (non-hydrogen) atoms. The highest BCUT2D eigenvalue weighted by atomic mass is 15.0. The molecule has 0 saturated heterocycles. The van der Waals surface area contributed by atoms with Gasteiger partial charge in [0, 0.05) is 24.6 Å². The van der Waals surface area contributed by atoms with Gasteiger partial charge in [-0.25, -0.2) is 0 Å². The van der Waals surface area contributed by atoms with Crippen molar-refractivity contribution in [2.75, 3.05) is 6.54 Å². The molecule has 2 aromatic heterocycles. The molecular weight excluding hydrogens is 246 g/mol. The Hall–Kier alpha value is -1.61. The molecular formula is C17H23N3. The summed E-state index contributed by atoms with van der Waals surface area (Å²) in [5, 5.41) is 3.70. The van der Waals surface area contributed by atoms with E-state index in [0.717, 1.165) is 24.7 Å². The van der Waals surface area contributed by atoms with Crippen molar-refractivity contribution in [1.29, 1.82) is 0 Å². The quantitative estimate of drug-likeness (QED) is 0.835. The fourth-order valence-corrected chi connectivity index (χ4v) is 2.71. The van der Waals surface area contributed by atoms with Crippen LogP contribution in [0, 0.1) is 5.92 Å². The molecule has 1 aliphatic carbocycles. The molecule has 1 unspecified atom stereocenters. The van der Waals surface area contributed by atoms with Crippen molar-refractivity contribution in [1.82, 2.24) is 14.9 Å². The molecule has 1 aliphatic rings. The normalized spacial score (nSPS) is 16.2. The largest absolute Gasteiger partial charge is 0.348 e. The summed E-state index contributed by atoms with van der Waals surface area (Å²) in [6.45, 7) is 4.18. The van der Waals surface area contributed by atoms with Crippen LogP contribution in [-0.4, -0.2) is 16.1 Å². The zero-order chi connectivity index (χ0) is 13.8. The van der Waals surface area contributed by atoms with Crippen LogP contribution < -0.4 is 5.32 Å². The maximum Gasteiger partial charge on any atom is 0.0642 e. The lowest BCUT2D eigenvalue weighted by Crippen LogP contribution is -2.23. The molecule has 0 aromatic carbocycles. The molecule has 2 aromatic rings. The van der Waals surface area contributed by atoms with Crippen molar-refractivity contribution in [3.05, 3.63) is 54.1 Å². The molecule has 0 amide bonds. The lowest BCUT2D eigenvalue weighted by atomic mass is 10.1. The van der Waals surface area contributed by atoms with Gasteiger partial charge in [0.1, 0.15) is 0 Å². The minimum absolute atomic E-state index is 0.542. The average molecular weight is 269 g/mol. The molecule has 2 heterocycles. The molecule has 3 heteroatoms. The standard InChI is InChI=1S/C17H23N3/c1-2-9-19-17(14-6-7-14)15-8-11-20(12-15)13-16-5-3-4-10-18-16/h3-5,8,10-12,14,17,19H,2,6-7,9,13H2,1H3. The van der Waals surface area contributed by atoms with Gasteiger partial charge in [-0.05, 0) is 55.5 Å². The number of hydrogen-bond acceptors (Lipinski definition) is 2. The Morgan fingerprint density at radius 2 is 2.25 bits per heavy atom. The maximum absolute atomic E-state index is 4.39. The van der Waals surface area contributed by atoms with E-state index in [0.29, 0.717) is 6.04 Å². The van der Waals surface area contributed by atoms with Gasteiger partial charge in [-0.15, -0.1) is 0 Å². The van der Waals surface area contributed by atoms with Crippen LogP contribution in [0.4, 0.5) is 0 Å². The Bertz CT molecular complexity index is 528. The second-order valence-corrected chi connectivity index (χ2v) is 5.71. The minimum atomic E-state index is 0.542. The van der Waals surface area contributed by atoms with E-state index in [1.54, 1.807) is 0 Å². The van der Waals surface area contributed by atoms with E-state index < -0.39 is 0 Å². The van der Waals surface area contributed by atoms with E-state index in [1.165, 1.54) is 24.8 Å². The SMILES string of the molecule is CCCNC(c1ccn(Cc2ccccn2)c1)C1CC1. The van der Waals surface area contributed by atoms with Crippen LogP contribution in [0.3, 0.4) is 0 Å². The van der Waals surface area contributed by atoms with Crippen molar-refractivity contribution in [2.24, 2.45) is 5.92 Å². The zero-order valence-corrected chi connectivity index (χ0v) is 12.1. The third kappa shape index (κ3) is 3.28. The molecule has 0 spiro atoms. The number of rotatable bonds is 7. The van der Waals surface area contributed by atoms with Gasteiger partial charge in [0.15, 0.2) is 0 Å². The Kier molecular flexibility index (Phi) is 4.16. The summed E-state index contributed by atoms with van der Waals surface area (Å²) < 4.78 is 2.24. The minimum Gasteiger partial charge on any atom is -0.348 e. The van der Waals surface area contributed by atoms with Crippen LogP contribution in [0.1, 0.15) is 43.5 Å². The third-order valence-electron chi connectivity index (χ3n) is 3.91. The van der Waals surface area contributed by atoms with E-state index in [-0.39, 0.29) is 0 Å². The van der Waals surface area contributed by atoms with Crippen molar-refractivity contribution in [3.63, 3.8) is 0 Å². The number of nitrogens with zero attached hydrogens (tertiary/aromatic N) is 2. The Balaban J connectivity index is 1.68. The first-order chi connectivity index (χ1) is 9.86. The van der Waals surface area contributed by atoms with Crippen molar-refractivity contribution >= 4 is 0 Å².